The van der Waals surface area contributed by atoms with Gasteiger partial charge in [0.1, 0.15) is 0 Å². The fourth-order valence-corrected chi connectivity index (χ4v) is 3.20. The second-order valence-electron chi connectivity index (χ2n) is 4.03. The normalized spacial score (nSPS) is 14.0. The minimum absolute atomic E-state index is 0.0296. The molecule has 0 saturated carbocycles. The largest absolute Gasteiger partial charge is 0.469 e. The maximum absolute atomic E-state index is 11.1. The zero-order chi connectivity index (χ0) is 13.5. The molecule has 18 heavy (non-hydrogen) atoms. The van der Waals surface area contributed by atoms with Gasteiger partial charge >= 0.3 is 5.97 Å². The van der Waals surface area contributed by atoms with Crippen molar-refractivity contribution in [1.82, 2.24) is 0 Å². The summed E-state index contributed by atoms with van der Waals surface area (Å²) in [5, 5.41) is 0.187. The van der Waals surface area contributed by atoms with Crippen molar-refractivity contribution in [2.45, 2.75) is 24.6 Å². The van der Waals surface area contributed by atoms with Gasteiger partial charge in [0, 0.05) is 21.5 Å². The highest BCUT2D eigenvalue weighted by atomic mass is 79.9. The lowest BCUT2D eigenvalue weighted by Crippen LogP contribution is -2.23. The minimum atomic E-state index is -0.180. The predicted molar refractivity (Wildman–Crippen MR) is 79.6 cm³/mol. The van der Waals surface area contributed by atoms with Crippen LogP contribution in [0.4, 0.5) is 0 Å². The van der Waals surface area contributed by atoms with Crippen molar-refractivity contribution in [1.29, 1.82) is 0 Å². The average molecular weight is 332 g/mol. The van der Waals surface area contributed by atoms with E-state index in [4.69, 9.17) is 5.73 Å². The summed E-state index contributed by atoms with van der Waals surface area (Å²) in [5.41, 5.74) is 7.19. The van der Waals surface area contributed by atoms with Crippen molar-refractivity contribution >= 4 is 33.7 Å². The van der Waals surface area contributed by atoms with Gasteiger partial charge in [0.25, 0.3) is 0 Å². The van der Waals surface area contributed by atoms with Crippen molar-refractivity contribution in [2.75, 3.05) is 12.9 Å². The monoisotopic (exact) mass is 331 g/mol. The first-order valence-corrected chi connectivity index (χ1v) is 7.58. The van der Waals surface area contributed by atoms with Crippen LogP contribution in [0.25, 0.3) is 0 Å². The zero-order valence-corrected chi connectivity index (χ0v) is 13.0. The number of rotatable bonds is 6. The van der Waals surface area contributed by atoms with Crippen molar-refractivity contribution in [2.24, 2.45) is 5.73 Å². The fraction of sp³-hybridized carbons (Fsp3) is 0.462. The molecule has 2 unspecified atom stereocenters. The molecule has 0 radical (unpaired) electrons. The molecule has 2 N–H and O–H groups in total. The van der Waals surface area contributed by atoms with Gasteiger partial charge in [-0.25, -0.2) is 0 Å². The molecule has 0 amide bonds. The molecule has 1 rings (SSSR count). The van der Waals surface area contributed by atoms with E-state index >= 15 is 0 Å². The van der Waals surface area contributed by atoms with Gasteiger partial charge in [-0.2, -0.15) is 11.8 Å². The Bertz CT molecular complexity index is 398. The summed E-state index contributed by atoms with van der Waals surface area (Å²) >= 11 is 5.15. The molecule has 3 nitrogen and oxygen atoms in total. The van der Waals surface area contributed by atoms with E-state index in [-0.39, 0.29) is 17.3 Å². The van der Waals surface area contributed by atoms with Gasteiger partial charge < -0.3 is 10.5 Å². The summed E-state index contributed by atoms with van der Waals surface area (Å²) in [5.74, 6) is 0.533. The Morgan fingerprint density at radius 2 is 2.28 bits per heavy atom. The van der Waals surface area contributed by atoms with E-state index < -0.39 is 0 Å². The number of nitrogens with two attached hydrogens (primary N) is 1. The topological polar surface area (TPSA) is 52.3 Å². The van der Waals surface area contributed by atoms with Gasteiger partial charge in [0.2, 0.25) is 0 Å². The van der Waals surface area contributed by atoms with E-state index in [1.807, 2.05) is 19.1 Å². The van der Waals surface area contributed by atoms with Crippen LogP contribution in [0.15, 0.2) is 28.7 Å². The third-order valence-corrected chi connectivity index (χ3v) is 4.48. The molecule has 0 heterocycles. The first-order chi connectivity index (χ1) is 8.54. The number of ether oxygens (including phenoxy) is 1. The number of esters is 1. The highest BCUT2D eigenvalue weighted by Gasteiger charge is 2.17. The van der Waals surface area contributed by atoms with Crippen LogP contribution in [0.3, 0.4) is 0 Å². The number of carbonyl (C=O) groups is 1. The van der Waals surface area contributed by atoms with Crippen LogP contribution in [0, 0.1) is 0 Å². The number of hydrogen-bond donors (Lipinski definition) is 1. The standard InChI is InChI=1S/C13H18BrNO2S/c1-9(15)13(18-7-6-12(16)17-2)10-4-3-5-11(14)8-10/h3-5,8-9,13H,6-7,15H2,1-2H3. The average Bonchev–Trinajstić information content (AvgIpc) is 2.33. The number of carbonyl (C=O) groups excluding carboxylic acids is 1. The molecule has 0 aliphatic rings. The molecule has 0 bridgehead atoms. The van der Waals surface area contributed by atoms with E-state index in [2.05, 4.69) is 32.8 Å². The molecule has 2 atom stereocenters. The van der Waals surface area contributed by atoms with Crippen molar-refractivity contribution in [3.05, 3.63) is 34.3 Å². The highest BCUT2D eigenvalue weighted by molar-refractivity contribution is 9.10. The third-order valence-electron chi connectivity index (χ3n) is 2.49. The minimum Gasteiger partial charge on any atom is -0.469 e. The van der Waals surface area contributed by atoms with E-state index in [1.54, 1.807) is 11.8 Å². The van der Waals surface area contributed by atoms with E-state index in [0.29, 0.717) is 12.2 Å². The maximum Gasteiger partial charge on any atom is 0.306 e. The lowest BCUT2D eigenvalue weighted by atomic mass is 10.1. The molecule has 0 aliphatic heterocycles. The Balaban J connectivity index is 2.63. The maximum atomic E-state index is 11.1. The predicted octanol–water partition coefficient (Wildman–Crippen LogP) is 3.13. The summed E-state index contributed by atoms with van der Waals surface area (Å²) in [6.45, 7) is 1.98. The number of thioether (sulfide) groups is 1. The quantitative estimate of drug-likeness (QED) is 0.813. The summed E-state index contributed by atoms with van der Waals surface area (Å²) < 4.78 is 5.67. The van der Waals surface area contributed by atoms with Crippen molar-refractivity contribution < 1.29 is 9.53 Å². The molecule has 100 valence electrons. The van der Waals surface area contributed by atoms with Crippen LogP contribution in [-0.2, 0) is 9.53 Å². The van der Waals surface area contributed by atoms with Crippen LogP contribution < -0.4 is 5.73 Å². The molecule has 0 saturated heterocycles. The van der Waals surface area contributed by atoms with Crippen LogP contribution in [0.1, 0.15) is 24.2 Å². The molecule has 1 aromatic rings. The van der Waals surface area contributed by atoms with E-state index in [9.17, 15) is 4.79 Å². The Morgan fingerprint density at radius 3 is 2.83 bits per heavy atom. The van der Waals surface area contributed by atoms with Gasteiger partial charge in [-0.3, -0.25) is 4.79 Å². The smallest absolute Gasteiger partial charge is 0.306 e. The summed E-state index contributed by atoms with van der Waals surface area (Å²) in [4.78, 5) is 11.1. The summed E-state index contributed by atoms with van der Waals surface area (Å²) in [6, 6.07) is 8.14. The third kappa shape index (κ3) is 5.00. The lowest BCUT2D eigenvalue weighted by molar-refractivity contribution is -0.140. The molecule has 1 aromatic carbocycles. The second-order valence-corrected chi connectivity index (χ2v) is 6.20. The SMILES string of the molecule is COC(=O)CCSC(c1cccc(Br)c1)C(C)N. The second kappa shape index (κ2) is 7.81. The number of halogens is 1. The van der Waals surface area contributed by atoms with Gasteiger partial charge in [-0.15, -0.1) is 0 Å². The van der Waals surface area contributed by atoms with Crippen LogP contribution >= 0.6 is 27.7 Å². The Hall–Kier alpha value is -0.520. The first kappa shape index (κ1) is 15.5. The van der Waals surface area contributed by atoms with Gasteiger partial charge in [0.15, 0.2) is 0 Å². The van der Waals surface area contributed by atoms with Crippen LogP contribution in [0.2, 0.25) is 0 Å². The molecule has 5 heteroatoms. The molecular formula is C13H18BrNO2S. The molecule has 0 aromatic heterocycles. The number of benzene rings is 1. The number of hydrogen-bond acceptors (Lipinski definition) is 4. The summed E-state index contributed by atoms with van der Waals surface area (Å²) in [7, 11) is 1.41. The highest BCUT2D eigenvalue weighted by Crippen LogP contribution is 2.33. The van der Waals surface area contributed by atoms with E-state index in [1.165, 1.54) is 12.7 Å². The van der Waals surface area contributed by atoms with Crippen LogP contribution in [0.5, 0.6) is 0 Å². The zero-order valence-electron chi connectivity index (χ0n) is 10.6. The van der Waals surface area contributed by atoms with Crippen molar-refractivity contribution in [3.63, 3.8) is 0 Å². The van der Waals surface area contributed by atoms with E-state index in [0.717, 1.165) is 4.47 Å². The van der Waals surface area contributed by atoms with Gasteiger partial charge in [-0.05, 0) is 24.6 Å². The fourth-order valence-electron chi connectivity index (χ4n) is 1.61. The number of methoxy groups -OCH3 is 1. The van der Waals surface area contributed by atoms with Gasteiger partial charge in [0.05, 0.1) is 13.5 Å². The van der Waals surface area contributed by atoms with Crippen LogP contribution in [-0.4, -0.2) is 24.9 Å². The summed E-state index contributed by atoms with van der Waals surface area (Å²) in [6.07, 6.45) is 0.415. The Morgan fingerprint density at radius 1 is 1.56 bits per heavy atom. The van der Waals surface area contributed by atoms with Crippen molar-refractivity contribution in [3.8, 4) is 0 Å². The Kier molecular flexibility index (Phi) is 6.75. The molecule has 0 spiro atoms. The molecule has 0 aliphatic carbocycles. The Labute approximate surface area is 121 Å². The lowest BCUT2D eigenvalue weighted by Gasteiger charge is -2.20. The first-order valence-electron chi connectivity index (χ1n) is 5.74. The molecular weight excluding hydrogens is 314 g/mol. The van der Waals surface area contributed by atoms with Gasteiger partial charge in [-0.1, -0.05) is 28.1 Å². The molecule has 0 fully saturated rings.